The van der Waals surface area contributed by atoms with Crippen molar-refractivity contribution in [1.29, 1.82) is 0 Å². The van der Waals surface area contributed by atoms with Gasteiger partial charge in [0.05, 0.1) is 12.1 Å². The summed E-state index contributed by atoms with van der Waals surface area (Å²) < 4.78 is 5.10. The Bertz CT molecular complexity index is 527. The van der Waals surface area contributed by atoms with Crippen LogP contribution in [0, 0.1) is 0 Å². The first-order valence-electron chi connectivity index (χ1n) is 5.65. The largest absolute Gasteiger partial charge is 0.495 e. The van der Waals surface area contributed by atoms with E-state index in [2.05, 4.69) is 15.2 Å². The summed E-state index contributed by atoms with van der Waals surface area (Å²) >= 11 is 6.06. The number of benzene rings is 1. The van der Waals surface area contributed by atoms with E-state index in [1.54, 1.807) is 7.11 Å². The van der Waals surface area contributed by atoms with E-state index in [0.717, 1.165) is 17.2 Å². The van der Waals surface area contributed by atoms with Crippen molar-refractivity contribution in [1.82, 2.24) is 15.2 Å². The maximum Gasteiger partial charge on any atom is 0.151 e. The van der Waals surface area contributed by atoms with Gasteiger partial charge < -0.3 is 10.5 Å². The molecule has 0 spiro atoms. The highest BCUT2D eigenvalue weighted by atomic mass is 35.5. The van der Waals surface area contributed by atoms with Crippen LogP contribution in [0.5, 0.6) is 5.75 Å². The smallest absolute Gasteiger partial charge is 0.151 e. The lowest BCUT2D eigenvalue weighted by molar-refractivity contribution is 0.415. The topological polar surface area (TPSA) is 76.8 Å². The van der Waals surface area contributed by atoms with Gasteiger partial charge in [0, 0.05) is 12.8 Å². The molecule has 0 aliphatic carbocycles. The second kappa shape index (κ2) is 5.84. The lowest BCUT2D eigenvalue weighted by Crippen LogP contribution is -2.04. The van der Waals surface area contributed by atoms with E-state index in [0.29, 0.717) is 30.2 Å². The normalized spacial score (nSPS) is 10.6. The third-order valence-electron chi connectivity index (χ3n) is 2.53. The van der Waals surface area contributed by atoms with Crippen molar-refractivity contribution >= 4 is 11.6 Å². The Kier molecular flexibility index (Phi) is 4.17. The van der Waals surface area contributed by atoms with Crippen molar-refractivity contribution in [2.45, 2.75) is 12.8 Å². The number of hydrogen-bond acceptors (Lipinski definition) is 4. The van der Waals surface area contributed by atoms with E-state index >= 15 is 0 Å². The van der Waals surface area contributed by atoms with Crippen LogP contribution in [0.1, 0.15) is 17.2 Å². The van der Waals surface area contributed by atoms with Crippen LogP contribution in [0.15, 0.2) is 18.2 Å². The van der Waals surface area contributed by atoms with E-state index < -0.39 is 0 Å². The molecule has 0 aliphatic rings. The van der Waals surface area contributed by atoms with Gasteiger partial charge in [0.1, 0.15) is 11.6 Å². The number of halogens is 1. The number of aromatic nitrogens is 3. The van der Waals surface area contributed by atoms with Gasteiger partial charge in [-0.2, -0.15) is 5.10 Å². The summed E-state index contributed by atoms with van der Waals surface area (Å²) in [5.74, 6) is 2.22. The summed E-state index contributed by atoms with van der Waals surface area (Å²) in [6.45, 7) is 0.547. The van der Waals surface area contributed by atoms with Gasteiger partial charge >= 0.3 is 0 Å². The molecule has 0 bridgehead atoms. The van der Waals surface area contributed by atoms with Crippen molar-refractivity contribution in [3.63, 3.8) is 0 Å². The molecular formula is C12H15ClN4O. The third-order valence-corrected chi connectivity index (χ3v) is 2.83. The maximum atomic E-state index is 6.06. The van der Waals surface area contributed by atoms with Gasteiger partial charge in [-0.1, -0.05) is 17.7 Å². The van der Waals surface area contributed by atoms with Gasteiger partial charge in [-0.15, -0.1) is 0 Å². The molecule has 96 valence electrons. The van der Waals surface area contributed by atoms with Crippen LogP contribution < -0.4 is 10.5 Å². The molecule has 2 aromatic rings. The zero-order chi connectivity index (χ0) is 13.0. The van der Waals surface area contributed by atoms with E-state index in [9.17, 15) is 0 Å². The monoisotopic (exact) mass is 266 g/mol. The number of rotatable bonds is 5. The molecule has 0 saturated carbocycles. The number of H-pyrrole nitrogens is 1. The van der Waals surface area contributed by atoms with Crippen molar-refractivity contribution in [3.05, 3.63) is 40.4 Å². The molecule has 0 fully saturated rings. The van der Waals surface area contributed by atoms with Crippen LogP contribution in [0.3, 0.4) is 0 Å². The number of ether oxygens (including phenoxy) is 1. The summed E-state index contributed by atoms with van der Waals surface area (Å²) in [6, 6.07) is 5.66. The fraction of sp³-hybridized carbons (Fsp3) is 0.333. The summed E-state index contributed by atoms with van der Waals surface area (Å²) in [4.78, 5) is 4.35. The number of methoxy groups -OCH3 is 1. The summed E-state index contributed by atoms with van der Waals surface area (Å²) in [6.07, 6.45) is 1.33. The number of aromatic amines is 1. The second-order valence-corrected chi connectivity index (χ2v) is 4.29. The Morgan fingerprint density at radius 3 is 2.94 bits per heavy atom. The lowest BCUT2D eigenvalue weighted by Gasteiger charge is -2.04. The molecule has 5 nitrogen and oxygen atoms in total. The quantitative estimate of drug-likeness (QED) is 0.861. The minimum Gasteiger partial charge on any atom is -0.495 e. The first-order valence-corrected chi connectivity index (χ1v) is 6.03. The number of nitrogens with zero attached hydrogens (tertiary/aromatic N) is 2. The number of nitrogens with one attached hydrogen (secondary N) is 1. The second-order valence-electron chi connectivity index (χ2n) is 3.88. The molecule has 1 heterocycles. The maximum absolute atomic E-state index is 6.06. The molecular weight excluding hydrogens is 252 g/mol. The molecule has 0 unspecified atom stereocenters. The standard InChI is InChI=1S/C12H15ClN4O/c1-18-10-3-2-8(6-9(10)13)7-12-15-11(4-5-14)16-17-12/h2-3,6H,4-5,7,14H2,1H3,(H,15,16,17). The molecule has 1 aromatic heterocycles. The molecule has 1 aromatic carbocycles. The summed E-state index contributed by atoms with van der Waals surface area (Å²) in [7, 11) is 1.59. The van der Waals surface area contributed by atoms with Crippen molar-refractivity contribution in [2.24, 2.45) is 5.73 Å². The van der Waals surface area contributed by atoms with Crippen LogP contribution in [-0.2, 0) is 12.8 Å². The predicted molar refractivity (Wildman–Crippen MR) is 70.0 cm³/mol. The Balaban J connectivity index is 2.10. The zero-order valence-electron chi connectivity index (χ0n) is 10.1. The van der Waals surface area contributed by atoms with Crippen LogP contribution in [0.2, 0.25) is 5.02 Å². The predicted octanol–water partition coefficient (Wildman–Crippen LogP) is 1.56. The van der Waals surface area contributed by atoms with E-state index in [4.69, 9.17) is 22.1 Å². The molecule has 0 aliphatic heterocycles. The molecule has 2 rings (SSSR count). The third kappa shape index (κ3) is 3.00. The highest BCUT2D eigenvalue weighted by molar-refractivity contribution is 6.32. The zero-order valence-corrected chi connectivity index (χ0v) is 10.9. The Morgan fingerprint density at radius 1 is 1.44 bits per heavy atom. The van der Waals surface area contributed by atoms with Crippen LogP contribution >= 0.6 is 11.6 Å². The fourth-order valence-electron chi connectivity index (χ4n) is 1.67. The summed E-state index contributed by atoms with van der Waals surface area (Å²) in [5.41, 5.74) is 6.50. The molecule has 0 saturated heterocycles. The number of hydrogen-bond donors (Lipinski definition) is 2. The van der Waals surface area contributed by atoms with Crippen molar-refractivity contribution in [2.75, 3.05) is 13.7 Å². The number of nitrogens with two attached hydrogens (primary N) is 1. The molecule has 18 heavy (non-hydrogen) atoms. The highest BCUT2D eigenvalue weighted by Crippen LogP contribution is 2.25. The average molecular weight is 267 g/mol. The average Bonchev–Trinajstić information content (AvgIpc) is 2.77. The first-order chi connectivity index (χ1) is 8.72. The van der Waals surface area contributed by atoms with Gasteiger partial charge in [-0.25, -0.2) is 4.98 Å². The molecule has 0 amide bonds. The molecule has 0 atom stereocenters. The van der Waals surface area contributed by atoms with E-state index in [-0.39, 0.29) is 0 Å². The van der Waals surface area contributed by atoms with E-state index in [1.807, 2.05) is 18.2 Å². The fourth-order valence-corrected chi connectivity index (χ4v) is 1.95. The van der Waals surface area contributed by atoms with Crippen LogP contribution in [0.4, 0.5) is 0 Å². The Morgan fingerprint density at radius 2 is 2.28 bits per heavy atom. The van der Waals surface area contributed by atoms with Crippen molar-refractivity contribution < 1.29 is 4.74 Å². The minimum absolute atomic E-state index is 0.547. The molecule has 3 N–H and O–H groups in total. The highest BCUT2D eigenvalue weighted by Gasteiger charge is 2.06. The van der Waals surface area contributed by atoms with Gasteiger partial charge in [-0.05, 0) is 24.2 Å². The van der Waals surface area contributed by atoms with E-state index in [1.165, 1.54) is 0 Å². The Hall–Kier alpha value is -1.59. The minimum atomic E-state index is 0.547. The lowest BCUT2D eigenvalue weighted by atomic mass is 10.1. The van der Waals surface area contributed by atoms with Gasteiger partial charge in [0.2, 0.25) is 0 Å². The molecule has 0 radical (unpaired) electrons. The SMILES string of the molecule is COc1ccc(Cc2nc(CCN)n[nH]2)cc1Cl. The van der Waals surface area contributed by atoms with Gasteiger partial charge in [0.25, 0.3) is 0 Å². The first kappa shape index (κ1) is 12.9. The van der Waals surface area contributed by atoms with Crippen molar-refractivity contribution in [3.8, 4) is 5.75 Å². The van der Waals surface area contributed by atoms with Crippen LogP contribution in [-0.4, -0.2) is 28.8 Å². The Labute approximate surface area is 110 Å². The van der Waals surface area contributed by atoms with Gasteiger partial charge in [0.15, 0.2) is 5.82 Å². The van der Waals surface area contributed by atoms with Crippen LogP contribution in [0.25, 0.3) is 0 Å². The summed E-state index contributed by atoms with van der Waals surface area (Å²) in [5, 5.41) is 7.57. The van der Waals surface area contributed by atoms with Gasteiger partial charge in [-0.3, -0.25) is 5.10 Å². The molecule has 6 heteroatoms.